The van der Waals surface area contributed by atoms with E-state index in [1.165, 1.54) is 11.6 Å². The summed E-state index contributed by atoms with van der Waals surface area (Å²) in [5, 5.41) is 0.787. The average molecular weight is 374 g/mol. The second kappa shape index (κ2) is 6.41. The molecular weight excluding hydrogens is 354 g/mol. The molecule has 1 aromatic carbocycles. The third kappa shape index (κ3) is 2.68. The first-order valence-corrected chi connectivity index (χ1v) is 8.96. The molecule has 136 valence electrons. The quantitative estimate of drug-likeness (QED) is 0.690. The van der Waals surface area contributed by atoms with E-state index in [2.05, 4.69) is 9.88 Å². The number of imidazole rings is 1. The predicted octanol–water partition coefficient (Wildman–Crippen LogP) is 1.15. The molecule has 0 bridgehead atoms. The molecule has 1 aliphatic heterocycles. The molecule has 26 heavy (non-hydrogen) atoms. The summed E-state index contributed by atoms with van der Waals surface area (Å²) in [7, 11) is 3.15. The van der Waals surface area contributed by atoms with Gasteiger partial charge in [0.15, 0.2) is 11.2 Å². The Bertz CT molecular complexity index is 1110. The van der Waals surface area contributed by atoms with Gasteiger partial charge >= 0.3 is 5.69 Å². The normalized spacial score (nSPS) is 14.7. The number of benzene rings is 1. The maximum Gasteiger partial charge on any atom is 0.332 e. The monoisotopic (exact) mass is 373 g/mol. The van der Waals surface area contributed by atoms with Crippen LogP contribution in [0.15, 0.2) is 33.9 Å². The summed E-state index contributed by atoms with van der Waals surface area (Å²) >= 11 is 6.24. The smallest absolute Gasteiger partial charge is 0.320 e. The van der Waals surface area contributed by atoms with Crippen molar-refractivity contribution in [3.05, 3.63) is 61.5 Å². The van der Waals surface area contributed by atoms with E-state index in [4.69, 9.17) is 11.6 Å². The van der Waals surface area contributed by atoms with Crippen LogP contribution in [0.1, 0.15) is 11.4 Å². The van der Waals surface area contributed by atoms with Gasteiger partial charge < -0.3 is 4.57 Å². The van der Waals surface area contributed by atoms with E-state index < -0.39 is 0 Å². The van der Waals surface area contributed by atoms with Gasteiger partial charge in [-0.05, 0) is 18.1 Å². The lowest BCUT2D eigenvalue weighted by Gasteiger charge is -2.27. The number of hydrogen-bond acceptors (Lipinski definition) is 4. The molecule has 0 aliphatic carbocycles. The van der Waals surface area contributed by atoms with Crippen molar-refractivity contribution < 1.29 is 0 Å². The van der Waals surface area contributed by atoms with Crippen LogP contribution in [0.2, 0.25) is 5.02 Å². The number of fused-ring (bicyclic) bond motifs is 3. The van der Waals surface area contributed by atoms with Crippen LogP contribution in [-0.4, -0.2) is 36.7 Å². The lowest BCUT2D eigenvalue weighted by Crippen LogP contribution is -2.39. The zero-order valence-electron chi connectivity index (χ0n) is 14.8. The highest BCUT2D eigenvalue weighted by molar-refractivity contribution is 6.31. The van der Waals surface area contributed by atoms with Gasteiger partial charge in [0, 0.05) is 38.8 Å². The first-order valence-electron chi connectivity index (χ1n) is 8.58. The van der Waals surface area contributed by atoms with Crippen molar-refractivity contribution in [1.82, 2.24) is 23.6 Å². The predicted molar refractivity (Wildman–Crippen MR) is 101 cm³/mol. The first kappa shape index (κ1) is 17.1. The molecule has 0 N–H and O–H groups in total. The van der Waals surface area contributed by atoms with Gasteiger partial charge in [0.25, 0.3) is 5.56 Å². The van der Waals surface area contributed by atoms with Gasteiger partial charge in [-0.25, -0.2) is 9.78 Å². The molecule has 0 saturated heterocycles. The SMILES string of the molecule is Cn1c(=O)c2c(nc3n2CCN(CCc2ccccc2Cl)C3)n(C)c1=O. The Morgan fingerprint density at radius 2 is 1.88 bits per heavy atom. The van der Waals surface area contributed by atoms with Crippen LogP contribution in [0.3, 0.4) is 0 Å². The van der Waals surface area contributed by atoms with E-state index in [0.717, 1.165) is 40.5 Å². The highest BCUT2D eigenvalue weighted by atomic mass is 35.5. The van der Waals surface area contributed by atoms with Crippen LogP contribution in [0.4, 0.5) is 0 Å². The van der Waals surface area contributed by atoms with E-state index >= 15 is 0 Å². The Morgan fingerprint density at radius 1 is 1.12 bits per heavy atom. The minimum absolute atomic E-state index is 0.286. The highest BCUT2D eigenvalue weighted by Crippen LogP contribution is 2.19. The van der Waals surface area contributed by atoms with Crippen molar-refractivity contribution in [3.8, 4) is 0 Å². The number of hydrogen-bond donors (Lipinski definition) is 0. The molecule has 2 aromatic heterocycles. The summed E-state index contributed by atoms with van der Waals surface area (Å²) < 4.78 is 4.53. The first-order chi connectivity index (χ1) is 12.5. The molecule has 0 atom stereocenters. The van der Waals surface area contributed by atoms with Crippen LogP contribution >= 0.6 is 11.6 Å². The molecular formula is C18H20ClN5O2. The molecule has 0 radical (unpaired) electrons. The Hall–Kier alpha value is -2.38. The summed E-state index contributed by atoms with van der Waals surface area (Å²) in [6, 6.07) is 7.87. The fourth-order valence-electron chi connectivity index (χ4n) is 3.54. The molecule has 0 spiro atoms. The fourth-order valence-corrected chi connectivity index (χ4v) is 3.77. The highest BCUT2D eigenvalue weighted by Gasteiger charge is 2.24. The summed E-state index contributed by atoms with van der Waals surface area (Å²) in [6.07, 6.45) is 0.861. The van der Waals surface area contributed by atoms with Crippen LogP contribution < -0.4 is 11.2 Å². The third-order valence-electron chi connectivity index (χ3n) is 5.09. The lowest BCUT2D eigenvalue weighted by atomic mass is 10.1. The van der Waals surface area contributed by atoms with Gasteiger partial charge in [0.1, 0.15) is 5.82 Å². The Morgan fingerprint density at radius 3 is 2.65 bits per heavy atom. The van der Waals surface area contributed by atoms with Gasteiger partial charge in [0.2, 0.25) is 0 Å². The third-order valence-corrected chi connectivity index (χ3v) is 5.46. The minimum atomic E-state index is -0.353. The molecule has 0 saturated carbocycles. The number of halogens is 1. The molecule has 4 rings (SSSR count). The van der Waals surface area contributed by atoms with E-state index in [1.54, 1.807) is 7.05 Å². The standard InChI is InChI=1S/C18H20ClN5O2/c1-21-16-15(17(25)22(2)18(21)26)24-10-9-23(11-14(24)20-16)8-7-12-5-3-4-6-13(12)19/h3-6H,7-11H2,1-2H3. The maximum atomic E-state index is 12.5. The molecule has 3 aromatic rings. The zero-order chi connectivity index (χ0) is 18.4. The second-order valence-corrected chi connectivity index (χ2v) is 7.08. The molecule has 8 heteroatoms. The summed E-state index contributed by atoms with van der Waals surface area (Å²) in [5.41, 5.74) is 1.46. The van der Waals surface area contributed by atoms with Crippen LogP contribution in [0, 0.1) is 0 Å². The van der Waals surface area contributed by atoms with E-state index in [9.17, 15) is 9.59 Å². The van der Waals surface area contributed by atoms with Crippen LogP contribution in [0.5, 0.6) is 0 Å². The van der Waals surface area contributed by atoms with Crippen molar-refractivity contribution in [2.75, 3.05) is 13.1 Å². The van der Waals surface area contributed by atoms with E-state index in [0.29, 0.717) is 24.3 Å². The molecule has 1 aliphatic rings. The van der Waals surface area contributed by atoms with Gasteiger partial charge in [-0.1, -0.05) is 29.8 Å². The van der Waals surface area contributed by atoms with Crippen molar-refractivity contribution in [2.24, 2.45) is 14.1 Å². The topological polar surface area (TPSA) is 65.1 Å². The number of aromatic nitrogens is 4. The van der Waals surface area contributed by atoms with Crippen molar-refractivity contribution >= 4 is 22.8 Å². The van der Waals surface area contributed by atoms with Crippen LogP contribution in [-0.2, 0) is 33.6 Å². The Labute approximate surface area is 155 Å². The largest absolute Gasteiger partial charge is 0.332 e. The average Bonchev–Trinajstić information content (AvgIpc) is 3.03. The molecule has 0 amide bonds. The molecule has 3 heterocycles. The lowest BCUT2D eigenvalue weighted by molar-refractivity contribution is 0.221. The summed E-state index contributed by atoms with van der Waals surface area (Å²) in [5.74, 6) is 0.823. The number of nitrogens with zero attached hydrogens (tertiary/aromatic N) is 5. The fraction of sp³-hybridized carbons (Fsp3) is 0.389. The second-order valence-electron chi connectivity index (χ2n) is 6.68. The van der Waals surface area contributed by atoms with E-state index in [1.807, 2.05) is 28.8 Å². The molecule has 7 nitrogen and oxygen atoms in total. The summed E-state index contributed by atoms with van der Waals surface area (Å²) in [6.45, 7) is 3.02. The van der Waals surface area contributed by atoms with Gasteiger partial charge in [0.05, 0.1) is 6.54 Å². The number of aryl methyl sites for hydroxylation is 1. The maximum absolute atomic E-state index is 12.5. The summed E-state index contributed by atoms with van der Waals surface area (Å²) in [4.78, 5) is 31.5. The van der Waals surface area contributed by atoms with Gasteiger partial charge in [-0.2, -0.15) is 0 Å². The zero-order valence-corrected chi connectivity index (χ0v) is 15.5. The van der Waals surface area contributed by atoms with Crippen molar-refractivity contribution in [2.45, 2.75) is 19.5 Å². The van der Waals surface area contributed by atoms with E-state index in [-0.39, 0.29) is 11.2 Å². The van der Waals surface area contributed by atoms with Gasteiger partial charge in [-0.15, -0.1) is 0 Å². The van der Waals surface area contributed by atoms with Gasteiger partial charge in [-0.3, -0.25) is 18.8 Å². The number of rotatable bonds is 3. The van der Waals surface area contributed by atoms with Crippen molar-refractivity contribution in [3.63, 3.8) is 0 Å². The Balaban J connectivity index is 1.63. The van der Waals surface area contributed by atoms with Crippen LogP contribution in [0.25, 0.3) is 11.2 Å². The Kier molecular flexibility index (Phi) is 4.20. The molecule has 0 fully saturated rings. The van der Waals surface area contributed by atoms with Crippen molar-refractivity contribution in [1.29, 1.82) is 0 Å². The minimum Gasteiger partial charge on any atom is -0.320 e. The molecule has 0 unspecified atom stereocenters.